The normalized spacial score (nSPS) is 36.0. The monoisotopic (exact) mass is 560 g/mol. The lowest BCUT2D eigenvalue weighted by molar-refractivity contribution is -0.928. The molecule has 3 aliphatic carbocycles. The van der Waals surface area contributed by atoms with Crippen molar-refractivity contribution in [3.63, 3.8) is 0 Å². The first-order chi connectivity index (χ1) is 18.8. The number of nitrogens with zero attached hydrogens (tertiary/aromatic N) is 2. The van der Waals surface area contributed by atoms with Crippen LogP contribution in [0.4, 0.5) is 13.2 Å². The fraction of sp³-hybridized carbons (Fsp3) is 0.567. The molecule has 0 aromatic heterocycles. The highest BCUT2D eigenvalue weighted by Crippen LogP contribution is 2.66. The molecule has 2 bridgehead atoms. The highest BCUT2D eigenvalue weighted by atomic mass is 19.4. The van der Waals surface area contributed by atoms with Crippen molar-refractivity contribution in [2.24, 2.45) is 11.3 Å². The van der Waals surface area contributed by atoms with Crippen molar-refractivity contribution >= 4 is 11.6 Å². The molecule has 1 saturated carbocycles. The van der Waals surface area contributed by atoms with E-state index in [-0.39, 0.29) is 17.2 Å². The van der Waals surface area contributed by atoms with Crippen LogP contribution in [0, 0.1) is 11.3 Å². The number of hydrogen-bond acceptors (Lipinski definition) is 5. The van der Waals surface area contributed by atoms with Gasteiger partial charge in [-0.3, -0.25) is 4.79 Å². The van der Waals surface area contributed by atoms with Crippen LogP contribution in [0.15, 0.2) is 59.4 Å². The first-order valence-corrected chi connectivity index (χ1v) is 14.0. The number of carbonyl (C=O) groups excluding carboxylic acids is 1. The molecule has 7 nitrogen and oxygen atoms in total. The summed E-state index contributed by atoms with van der Waals surface area (Å²) in [6.07, 6.45) is 1.95. The highest BCUT2D eigenvalue weighted by Gasteiger charge is 2.70. The SMILES string of the molecule is CN(C)C(=C(OC(F)(F)F)C(=O)NC1(O)C=CC2=C3C1O[C@H]1CCC[C@H]4[C@@H](C2)[N+](C)(C)CC[C@]314)c1ccccc1. The van der Waals surface area contributed by atoms with Gasteiger partial charge < -0.3 is 29.3 Å². The zero-order valence-corrected chi connectivity index (χ0v) is 23.3. The van der Waals surface area contributed by atoms with Gasteiger partial charge in [-0.05, 0) is 30.1 Å². The summed E-state index contributed by atoms with van der Waals surface area (Å²) in [7, 11) is 7.64. The van der Waals surface area contributed by atoms with Gasteiger partial charge in [0.1, 0.15) is 6.10 Å². The topological polar surface area (TPSA) is 71.0 Å². The number of likely N-dealkylation sites (tertiary alicyclic amines) is 1. The van der Waals surface area contributed by atoms with Gasteiger partial charge in [0.25, 0.3) is 5.91 Å². The van der Waals surface area contributed by atoms with E-state index in [1.165, 1.54) is 25.1 Å². The summed E-state index contributed by atoms with van der Waals surface area (Å²) in [4.78, 5) is 15.1. The van der Waals surface area contributed by atoms with Gasteiger partial charge >= 0.3 is 6.36 Å². The Kier molecular flexibility index (Phi) is 6.22. The Hall–Kier alpha value is -2.82. The third-order valence-electron chi connectivity index (χ3n) is 9.91. The molecular weight excluding hydrogens is 523 g/mol. The molecule has 1 aromatic rings. The zero-order chi connectivity index (χ0) is 28.7. The molecule has 6 rings (SSSR count). The molecule has 1 aromatic carbocycles. The minimum Gasteiger partial charge on any atom is -0.398 e. The van der Waals surface area contributed by atoms with Crippen molar-refractivity contribution < 1.29 is 37.0 Å². The number of piperidine rings is 1. The number of allylic oxidation sites excluding steroid dienone is 1. The van der Waals surface area contributed by atoms with Crippen LogP contribution in [-0.2, 0) is 14.3 Å². The molecule has 1 spiro atoms. The number of hydrogen-bond donors (Lipinski definition) is 2. The summed E-state index contributed by atoms with van der Waals surface area (Å²) in [5, 5.41) is 14.5. The molecule has 216 valence electrons. The molecular formula is C30H37F3N3O4+. The lowest BCUT2D eigenvalue weighted by atomic mass is 9.50. The van der Waals surface area contributed by atoms with Crippen LogP contribution in [0.3, 0.4) is 0 Å². The van der Waals surface area contributed by atoms with E-state index >= 15 is 0 Å². The lowest BCUT2D eigenvalue weighted by Gasteiger charge is -2.60. The Morgan fingerprint density at radius 2 is 1.93 bits per heavy atom. The van der Waals surface area contributed by atoms with E-state index in [1.807, 2.05) is 6.08 Å². The largest absolute Gasteiger partial charge is 0.573 e. The van der Waals surface area contributed by atoms with Crippen molar-refractivity contribution in [3.05, 3.63) is 65.0 Å². The number of rotatable bonds is 5. The van der Waals surface area contributed by atoms with Crippen LogP contribution in [-0.4, -0.2) is 85.5 Å². The van der Waals surface area contributed by atoms with Gasteiger partial charge in [0, 0.05) is 43.8 Å². The van der Waals surface area contributed by atoms with Gasteiger partial charge in [-0.1, -0.05) is 42.8 Å². The summed E-state index contributed by atoms with van der Waals surface area (Å²) in [6.45, 7) is 0.981. The quantitative estimate of drug-likeness (QED) is 0.247. The molecule has 0 radical (unpaired) electrons. The van der Waals surface area contributed by atoms with Crippen molar-refractivity contribution in [1.29, 1.82) is 0 Å². The number of ether oxygens (including phenoxy) is 2. The van der Waals surface area contributed by atoms with E-state index in [1.54, 1.807) is 30.3 Å². The van der Waals surface area contributed by atoms with Crippen LogP contribution in [0.5, 0.6) is 0 Å². The lowest BCUT2D eigenvalue weighted by Crippen LogP contribution is -2.67. The summed E-state index contributed by atoms with van der Waals surface area (Å²) >= 11 is 0. The summed E-state index contributed by atoms with van der Waals surface area (Å²) in [6, 6.07) is 8.69. The van der Waals surface area contributed by atoms with E-state index in [0.29, 0.717) is 17.5 Å². The molecule has 2 heterocycles. The first-order valence-electron chi connectivity index (χ1n) is 14.0. The average Bonchev–Trinajstić information content (AvgIpc) is 3.23. The Bertz CT molecular complexity index is 1300. The minimum atomic E-state index is -5.13. The van der Waals surface area contributed by atoms with Gasteiger partial charge in [-0.2, -0.15) is 0 Å². The number of aliphatic hydroxyl groups is 1. The third kappa shape index (κ3) is 4.10. The van der Waals surface area contributed by atoms with Crippen LogP contribution in [0.2, 0.25) is 0 Å². The van der Waals surface area contributed by atoms with Gasteiger partial charge in [0.15, 0.2) is 5.72 Å². The van der Waals surface area contributed by atoms with E-state index < -0.39 is 29.9 Å². The van der Waals surface area contributed by atoms with Crippen LogP contribution >= 0.6 is 0 Å². The molecule has 2 aliphatic heterocycles. The van der Waals surface area contributed by atoms with Gasteiger partial charge in [-0.15, -0.1) is 13.2 Å². The molecule has 5 aliphatic rings. The molecule has 10 heteroatoms. The molecule has 1 amide bonds. The number of benzene rings is 1. The van der Waals surface area contributed by atoms with E-state index in [4.69, 9.17) is 4.74 Å². The molecule has 2 N–H and O–H groups in total. The van der Waals surface area contributed by atoms with E-state index in [9.17, 15) is 23.1 Å². The van der Waals surface area contributed by atoms with Crippen LogP contribution in [0.1, 0.15) is 37.7 Å². The second-order valence-corrected chi connectivity index (χ2v) is 12.6. The number of amides is 1. The summed E-state index contributed by atoms with van der Waals surface area (Å²) in [5.41, 5.74) is 0.200. The van der Waals surface area contributed by atoms with Crippen molar-refractivity contribution in [2.45, 2.75) is 62.4 Å². The number of quaternary nitrogens is 1. The third-order valence-corrected chi connectivity index (χ3v) is 9.91. The van der Waals surface area contributed by atoms with Crippen molar-refractivity contribution in [1.82, 2.24) is 10.2 Å². The van der Waals surface area contributed by atoms with Gasteiger partial charge in [-0.25, -0.2) is 0 Å². The maximum atomic E-state index is 13.7. The van der Waals surface area contributed by atoms with Crippen molar-refractivity contribution in [2.75, 3.05) is 34.7 Å². The van der Waals surface area contributed by atoms with Crippen molar-refractivity contribution in [3.8, 4) is 0 Å². The Morgan fingerprint density at radius 1 is 1.20 bits per heavy atom. The van der Waals surface area contributed by atoms with E-state index in [2.05, 4.69) is 24.1 Å². The standard InChI is InChI=1S/C30H36F3N3O4/c1-35(2)24(18-9-6-5-7-10-18)25(40-30(31,32)33)27(37)34-29(38)14-13-19-17-21-20-11-8-12-22-28(20,15-16-36(21,3)4)23(19)26(29)39-22/h5-7,9-10,13-14,20-22,26,38H,8,11-12,15-17H2,1-4H3/p+1/t20-,21+,22-,26?,28+,29?/m0/s1. The average molecular weight is 561 g/mol. The van der Waals surface area contributed by atoms with Crippen LogP contribution < -0.4 is 5.32 Å². The first kappa shape index (κ1) is 27.4. The maximum absolute atomic E-state index is 13.7. The summed E-state index contributed by atoms with van der Waals surface area (Å²) < 4.78 is 52.8. The molecule has 6 atom stereocenters. The second kappa shape index (κ2) is 9.09. The Balaban J connectivity index is 1.40. The predicted molar refractivity (Wildman–Crippen MR) is 142 cm³/mol. The van der Waals surface area contributed by atoms with Crippen LogP contribution in [0.25, 0.3) is 5.70 Å². The second-order valence-electron chi connectivity index (χ2n) is 12.6. The molecule has 40 heavy (non-hydrogen) atoms. The van der Waals surface area contributed by atoms with Gasteiger partial charge in [0.05, 0.1) is 38.5 Å². The molecule has 2 unspecified atom stereocenters. The number of carbonyl (C=O) groups is 1. The van der Waals surface area contributed by atoms with E-state index in [0.717, 1.165) is 54.3 Å². The highest BCUT2D eigenvalue weighted by molar-refractivity contribution is 5.99. The number of alkyl halides is 3. The number of nitrogens with one attached hydrogen (secondary N) is 1. The maximum Gasteiger partial charge on any atom is 0.573 e. The molecule has 2 saturated heterocycles. The zero-order valence-electron chi connectivity index (χ0n) is 23.3. The smallest absolute Gasteiger partial charge is 0.398 e. The summed E-state index contributed by atoms with van der Waals surface area (Å²) in [5.74, 6) is -1.73. The Morgan fingerprint density at radius 3 is 2.60 bits per heavy atom. The number of halogens is 3. The molecule has 3 fully saturated rings. The Labute approximate surface area is 232 Å². The predicted octanol–water partition coefficient (Wildman–Crippen LogP) is 3.93. The minimum absolute atomic E-state index is 0.0637. The fourth-order valence-corrected chi connectivity index (χ4v) is 8.30. The fourth-order valence-electron chi connectivity index (χ4n) is 8.30. The van der Waals surface area contributed by atoms with Gasteiger partial charge in [0.2, 0.25) is 5.76 Å².